The van der Waals surface area contributed by atoms with Gasteiger partial charge in [0.1, 0.15) is 5.82 Å². The Balaban J connectivity index is 1.47. The van der Waals surface area contributed by atoms with Crippen molar-refractivity contribution in [3.8, 4) is 0 Å². The van der Waals surface area contributed by atoms with E-state index < -0.39 is 0 Å². The lowest BCUT2D eigenvalue weighted by atomic mass is 10.0. The first-order valence-electron chi connectivity index (χ1n) is 6.99. The smallest absolute Gasteiger partial charge is 0.124 e. The molecule has 1 saturated heterocycles. The number of rotatable bonds is 3. The predicted octanol–water partition coefficient (Wildman–Crippen LogP) is 0.609. The van der Waals surface area contributed by atoms with Gasteiger partial charge in [-0.1, -0.05) is 0 Å². The molecule has 0 aromatic carbocycles. The normalized spacial score (nSPS) is 28.7. The van der Waals surface area contributed by atoms with E-state index in [0.29, 0.717) is 12.0 Å². The number of piperidine rings is 1. The highest BCUT2D eigenvalue weighted by Crippen LogP contribution is 2.16. The summed E-state index contributed by atoms with van der Waals surface area (Å²) in [7, 11) is 2.21. The van der Waals surface area contributed by atoms with Crippen molar-refractivity contribution in [2.75, 3.05) is 38.5 Å². The van der Waals surface area contributed by atoms with Gasteiger partial charge >= 0.3 is 0 Å². The Morgan fingerprint density at radius 2 is 2.44 bits per heavy atom. The number of likely N-dealkylation sites (N-methyl/N-ethyl adjacent to an activating group) is 1. The molecule has 5 nitrogen and oxygen atoms in total. The monoisotopic (exact) mass is 249 g/mol. The molecule has 3 rings (SSSR count). The Bertz CT molecular complexity index is 388. The van der Waals surface area contributed by atoms with Crippen LogP contribution in [0.5, 0.6) is 0 Å². The second-order valence-electron chi connectivity index (χ2n) is 5.66. The Morgan fingerprint density at radius 1 is 1.50 bits per heavy atom. The van der Waals surface area contributed by atoms with Gasteiger partial charge in [-0.25, -0.2) is 4.68 Å². The van der Waals surface area contributed by atoms with E-state index in [1.165, 1.54) is 25.9 Å². The molecule has 2 aliphatic heterocycles. The van der Waals surface area contributed by atoms with Crippen molar-refractivity contribution >= 4 is 5.82 Å². The Hall–Kier alpha value is -1.07. The van der Waals surface area contributed by atoms with E-state index >= 15 is 0 Å². The summed E-state index contributed by atoms with van der Waals surface area (Å²) < 4.78 is 2.07. The van der Waals surface area contributed by atoms with Gasteiger partial charge in [-0.3, -0.25) is 0 Å². The largest absolute Gasteiger partial charge is 0.370 e. The van der Waals surface area contributed by atoms with Crippen LogP contribution in [0.1, 0.15) is 12.8 Å². The summed E-state index contributed by atoms with van der Waals surface area (Å²) in [5, 5.41) is 11.5. The number of hydrogen-bond donors (Lipinski definition) is 2. The number of nitrogens with one attached hydrogen (secondary N) is 2. The van der Waals surface area contributed by atoms with Gasteiger partial charge in [0, 0.05) is 44.2 Å². The second kappa shape index (κ2) is 5.28. The summed E-state index contributed by atoms with van der Waals surface area (Å²) in [6, 6.07) is 2.71. The van der Waals surface area contributed by atoms with Crippen molar-refractivity contribution < 1.29 is 0 Å². The zero-order valence-corrected chi connectivity index (χ0v) is 11.1. The first kappa shape index (κ1) is 12.0. The summed E-state index contributed by atoms with van der Waals surface area (Å²) in [5.41, 5.74) is 0. The van der Waals surface area contributed by atoms with Gasteiger partial charge in [0.25, 0.3) is 0 Å². The fraction of sp³-hybridized carbons (Fsp3) is 0.769. The third-order valence-electron chi connectivity index (χ3n) is 4.04. The van der Waals surface area contributed by atoms with E-state index in [-0.39, 0.29) is 0 Å². The van der Waals surface area contributed by atoms with E-state index in [9.17, 15) is 0 Å². The van der Waals surface area contributed by atoms with Crippen LogP contribution in [0, 0.1) is 5.92 Å². The first-order chi connectivity index (χ1) is 8.81. The van der Waals surface area contributed by atoms with Crippen LogP contribution in [0.3, 0.4) is 0 Å². The molecule has 2 aliphatic rings. The summed E-state index contributed by atoms with van der Waals surface area (Å²) in [5.74, 6) is 1.80. The van der Waals surface area contributed by atoms with Gasteiger partial charge in [0.2, 0.25) is 0 Å². The molecule has 0 aliphatic carbocycles. The highest BCUT2D eigenvalue weighted by atomic mass is 15.3. The molecule has 2 N–H and O–H groups in total. The van der Waals surface area contributed by atoms with Gasteiger partial charge in [-0.05, 0) is 26.4 Å². The minimum absolute atomic E-state index is 0.643. The predicted molar refractivity (Wildman–Crippen MR) is 72.7 cm³/mol. The van der Waals surface area contributed by atoms with Gasteiger partial charge in [-0.2, -0.15) is 5.10 Å². The zero-order valence-electron chi connectivity index (χ0n) is 11.1. The highest BCUT2D eigenvalue weighted by molar-refractivity contribution is 5.35. The maximum Gasteiger partial charge on any atom is 0.124 e. The maximum atomic E-state index is 4.33. The number of likely N-dealkylation sites (tertiary alicyclic amines) is 1. The number of anilines is 1. The lowest BCUT2D eigenvalue weighted by molar-refractivity contribution is 0.219. The average Bonchev–Trinajstić information content (AvgIpc) is 2.84. The third kappa shape index (κ3) is 2.67. The van der Waals surface area contributed by atoms with Crippen LogP contribution in [-0.4, -0.2) is 53.9 Å². The summed E-state index contributed by atoms with van der Waals surface area (Å²) in [6.07, 6.45) is 4.51. The van der Waals surface area contributed by atoms with Crippen molar-refractivity contribution in [1.29, 1.82) is 0 Å². The van der Waals surface area contributed by atoms with Crippen molar-refractivity contribution in [3.05, 3.63) is 12.3 Å². The molecule has 0 radical (unpaired) electrons. The molecule has 0 amide bonds. The van der Waals surface area contributed by atoms with E-state index in [4.69, 9.17) is 0 Å². The summed E-state index contributed by atoms with van der Waals surface area (Å²) in [6.45, 7) is 5.62. The molecular formula is C13H23N5. The third-order valence-corrected chi connectivity index (χ3v) is 4.04. The molecule has 1 aromatic heterocycles. The molecule has 0 spiro atoms. The van der Waals surface area contributed by atoms with Gasteiger partial charge < -0.3 is 15.5 Å². The van der Waals surface area contributed by atoms with E-state index in [1.807, 2.05) is 12.3 Å². The molecule has 18 heavy (non-hydrogen) atoms. The van der Waals surface area contributed by atoms with Gasteiger partial charge in [0.05, 0.1) is 6.20 Å². The molecule has 100 valence electrons. The van der Waals surface area contributed by atoms with Crippen molar-refractivity contribution in [2.45, 2.75) is 25.4 Å². The van der Waals surface area contributed by atoms with Gasteiger partial charge in [0.15, 0.2) is 0 Å². The number of nitrogens with zero attached hydrogens (tertiary/aromatic N) is 3. The van der Waals surface area contributed by atoms with Crippen LogP contribution in [0.4, 0.5) is 5.82 Å². The summed E-state index contributed by atoms with van der Waals surface area (Å²) in [4.78, 5) is 2.42. The molecule has 5 heteroatoms. The lowest BCUT2D eigenvalue weighted by Crippen LogP contribution is -2.47. The Kier molecular flexibility index (Phi) is 3.52. The van der Waals surface area contributed by atoms with Crippen LogP contribution < -0.4 is 10.6 Å². The standard InChI is InChI=1S/C13H23N5/c1-17-6-2-3-12(10-17)14-7-11-8-15-13-4-5-16-18(13)9-11/h4-5,11-12,14-15H,2-3,6-10H2,1H3/t11-,12+/m0/s1. The van der Waals surface area contributed by atoms with Crippen LogP contribution in [0.25, 0.3) is 0 Å². The molecule has 1 aromatic rings. The van der Waals surface area contributed by atoms with Crippen LogP contribution in [0.2, 0.25) is 0 Å². The molecule has 0 unspecified atom stereocenters. The minimum atomic E-state index is 0.643. The van der Waals surface area contributed by atoms with Crippen LogP contribution in [0.15, 0.2) is 12.3 Å². The summed E-state index contributed by atoms with van der Waals surface area (Å²) >= 11 is 0. The van der Waals surface area contributed by atoms with Crippen molar-refractivity contribution in [1.82, 2.24) is 20.0 Å². The molecule has 0 saturated carbocycles. The quantitative estimate of drug-likeness (QED) is 0.824. The molecule has 1 fully saturated rings. The molecular weight excluding hydrogens is 226 g/mol. The van der Waals surface area contributed by atoms with E-state index in [2.05, 4.69) is 32.4 Å². The van der Waals surface area contributed by atoms with Crippen molar-refractivity contribution in [3.63, 3.8) is 0 Å². The van der Waals surface area contributed by atoms with E-state index in [0.717, 1.165) is 25.5 Å². The topological polar surface area (TPSA) is 45.1 Å². The molecule has 2 atom stereocenters. The lowest BCUT2D eigenvalue weighted by Gasteiger charge is -2.32. The highest BCUT2D eigenvalue weighted by Gasteiger charge is 2.21. The van der Waals surface area contributed by atoms with Gasteiger partial charge in [-0.15, -0.1) is 0 Å². The maximum absolute atomic E-state index is 4.33. The number of fused-ring (bicyclic) bond motifs is 1. The number of aromatic nitrogens is 2. The zero-order chi connectivity index (χ0) is 12.4. The van der Waals surface area contributed by atoms with Crippen LogP contribution in [-0.2, 0) is 6.54 Å². The molecule has 3 heterocycles. The fourth-order valence-electron chi connectivity index (χ4n) is 2.99. The first-order valence-corrected chi connectivity index (χ1v) is 6.99. The Morgan fingerprint density at radius 3 is 3.33 bits per heavy atom. The SMILES string of the molecule is CN1CCC[C@@H](NC[C@H]2CNc3ccnn3C2)C1. The van der Waals surface area contributed by atoms with Crippen molar-refractivity contribution in [2.24, 2.45) is 5.92 Å². The Labute approximate surface area is 109 Å². The minimum Gasteiger partial charge on any atom is -0.370 e. The number of hydrogen-bond acceptors (Lipinski definition) is 4. The fourth-order valence-corrected chi connectivity index (χ4v) is 2.99. The van der Waals surface area contributed by atoms with E-state index in [1.54, 1.807) is 0 Å². The second-order valence-corrected chi connectivity index (χ2v) is 5.66. The van der Waals surface area contributed by atoms with Crippen LogP contribution >= 0.6 is 0 Å². The molecule has 0 bridgehead atoms. The average molecular weight is 249 g/mol.